The summed E-state index contributed by atoms with van der Waals surface area (Å²) in [5.41, 5.74) is 1.56. The molecule has 1 heterocycles. The molecule has 1 fully saturated rings. The van der Waals surface area contributed by atoms with Crippen LogP contribution in [0.1, 0.15) is 18.4 Å². The number of benzene rings is 1. The molecule has 0 atom stereocenters. The van der Waals surface area contributed by atoms with Gasteiger partial charge in [0.25, 0.3) is 0 Å². The molecule has 0 bridgehead atoms. The Kier molecular flexibility index (Phi) is 4.12. The van der Waals surface area contributed by atoms with E-state index in [1.54, 1.807) is 12.1 Å². The van der Waals surface area contributed by atoms with E-state index in [0.717, 1.165) is 12.4 Å². The molecule has 1 aromatic carbocycles. The van der Waals surface area contributed by atoms with Crippen LogP contribution in [0.25, 0.3) is 0 Å². The van der Waals surface area contributed by atoms with E-state index in [4.69, 9.17) is 0 Å². The van der Waals surface area contributed by atoms with E-state index in [1.807, 2.05) is 13.1 Å². The molecule has 0 aliphatic heterocycles. The van der Waals surface area contributed by atoms with Crippen molar-refractivity contribution in [2.24, 2.45) is 0 Å². The van der Waals surface area contributed by atoms with Crippen LogP contribution >= 0.6 is 0 Å². The molecule has 1 saturated carbocycles. The summed E-state index contributed by atoms with van der Waals surface area (Å²) in [6.07, 6.45) is 3.75. The Morgan fingerprint density at radius 3 is 2.39 bits per heavy atom. The molecule has 122 valence electrons. The number of nitrogens with zero attached hydrogens (tertiary/aromatic N) is 2. The van der Waals surface area contributed by atoms with Crippen LogP contribution in [0.2, 0.25) is 0 Å². The number of aromatic nitrogens is 1. The van der Waals surface area contributed by atoms with Crippen LogP contribution in [0.5, 0.6) is 0 Å². The molecule has 0 unspecified atom stereocenters. The highest BCUT2D eigenvalue weighted by atomic mass is 32.2. The van der Waals surface area contributed by atoms with Gasteiger partial charge < -0.3 is 4.90 Å². The number of likely N-dealkylation sites (N-methyl/N-ethyl adjacent to an activating group) is 1. The normalized spacial score (nSPS) is 16.1. The summed E-state index contributed by atoms with van der Waals surface area (Å²) in [5, 5.41) is 0. The molecule has 3 rings (SSSR count). The molecule has 1 aliphatic carbocycles. The van der Waals surface area contributed by atoms with E-state index < -0.39 is 10.0 Å². The van der Waals surface area contributed by atoms with Crippen LogP contribution in [0.3, 0.4) is 0 Å². The molecule has 0 amide bonds. The maximum absolute atomic E-state index is 11.7. The van der Waals surface area contributed by atoms with Crippen LogP contribution in [0.4, 0.5) is 5.82 Å². The summed E-state index contributed by atoms with van der Waals surface area (Å²) < 4.78 is 25.8. The molecule has 2 aromatic rings. The Labute approximate surface area is 137 Å². The zero-order valence-corrected chi connectivity index (χ0v) is 14.2. The first kappa shape index (κ1) is 16.0. The van der Waals surface area contributed by atoms with Crippen LogP contribution in [0.15, 0.2) is 53.6 Å². The van der Waals surface area contributed by atoms with Crippen molar-refractivity contribution in [3.05, 3.63) is 54.2 Å². The maximum Gasteiger partial charge on any atom is 0.241 e. The molecule has 6 heteroatoms. The molecule has 0 spiro atoms. The first-order valence-electron chi connectivity index (χ1n) is 7.63. The molecule has 1 aromatic heterocycles. The van der Waals surface area contributed by atoms with Crippen LogP contribution in [-0.4, -0.2) is 34.0 Å². The third-order valence-corrected chi connectivity index (χ3v) is 5.87. The van der Waals surface area contributed by atoms with Crippen molar-refractivity contribution in [3.63, 3.8) is 0 Å². The van der Waals surface area contributed by atoms with E-state index >= 15 is 0 Å². The molecule has 5 nitrogen and oxygen atoms in total. The second kappa shape index (κ2) is 5.94. The Balaban J connectivity index is 1.76. The molecule has 0 saturated heterocycles. The first-order chi connectivity index (χ1) is 11.0. The molecular weight excluding hydrogens is 310 g/mol. The minimum atomic E-state index is -3.44. The third-order valence-electron chi connectivity index (χ3n) is 4.47. The summed E-state index contributed by atoms with van der Waals surface area (Å²) >= 11 is 0. The number of sulfonamides is 1. The van der Waals surface area contributed by atoms with E-state index in [2.05, 4.69) is 38.9 Å². The van der Waals surface area contributed by atoms with Crippen molar-refractivity contribution >= 4 is 15.8 Å². The van der Waals surface area contributed by atoms with Crippen molar-refractivity contribution < 1.29 is 8.42 Å². The minimum Gasteiger partial charge on any atom is -0.359 e. The standard InChI is InChI=1S/C17H21N3O2S/c1-18-23(21,22)15-8-9-16(19-12-15)20(2)13-17(10-11-17)14-6-4-3-5-7-14/h3-9,12,18H,10-11,13H2,1-2H3. The van der Waals surface area contributed by atoms with Gasteiger partial charge in [0, 0.05) is 25.2 Å². The van der Waals surface area contributed by atoms with Crippen LogP contribution in [-0.2, 0) is 15.4 Å². The van der Waals surface area contributed by atoms with Crippen molar-refractivity contribution in [1.29, 1.82) is 0 Å². The van der Waals surface area contributed by atoms with Gasteiger partial charge in [-0.25, -0.2) is 18.1 Å². The monoisotopic (exact) mass is 331 g/mol. The summed E-state index contributed by atoms with van der Waals surface area (Å²) in [6.45, 7) is 0.877. The maximum atomic E-state index is 11.7. The Bertz CT molecular complexity index is 769. The SMILES string of the molecule is CNS(=O)(=O)c1ccc(N(C)CC2(c3ccccc3)CC2)nc1. The smallest absolute Gasteiger partial charge is 0.241 e. The zero-order chi connectivity index (χ0) is 16.5. The second-order valence-electron chi connectivity index (χ2n) is 6.06. The average molecular weight is 331 g/mol. The average Bonchev–Trinajstić information content (AvgIpc) is 3.36. The summed E-state index contributed by atoms with van der Waals surface area (Å²) in [4.78, 5) is 6.58. The predicted octanol–water partition coefficient (Wildman–Crippen LogP) is 2.16. The van der Waals surface area contributed by atoms with Crippen molar-refractivity contribution in [1.82, 2.24) is 9.71 Å². The van der Waals surface area contributed by atoms with Gasteiger partial charge in [-0.2, -0.15) is 0 Å². The third kappa shape index (κ3) is 3.23. The topological polar surface area (TPSA) is 62.3 Å². The van der Waals surface area contributed by atoms with Gasteiger partial charge in [-0.15, -0.1) is 0 Å². The second-order valence-corrected chi connectivity index (χ2v) is 7.95. The fraction of sp³-hybridized carbons (Fsp3) is 0.353. The lowest BCUT2D eigenvalue weighted by Crippen LogP contribution is -2.29. The lowest BCUT2D eigenvalue weighted by atomic mass is 9.95. The highest BCUT2D eigenvalue weighted by Crippen LogP contribution is 2.48. The van der Waals surface area contributed by atoms with E-state index in [0.29, 0.717) is 0 Å². The van der Waals surface area contributed by atoms with Gasteiger partial charge in [0.15, 0.2) is 0 Å². The number of rotatable bonds is 6. The quantitative estimate of drug-likeness (QED) is 0.881. The number of nitrogens with one attached hydrogen (secondary N) is 1. The number of hydrogen-bond donors (Lipinski definition) is 1. The molecule has 1 aliphatic rings. The van der Waals surface area contributed by atoms with Gasteiger partial charge in [-0.3, -0.25) is 0 Å². The van der Waals surface area contributed by atoms with Gasteiger partial charge in [0.1, 0.15) is 10.7 Å². The zero-order valence-electron chi connectivity index (χ0n) is 13.4. The molecule has 0 radical (unpaired) electrons. The van der Waals surface area contributed by atoms with Gasteiger partial charge in [-0.05, 0) is 37.6 Å². The van der Waals surface area contributed by atoms with Crippen molar-refractivity contribution in [3.8, 4) is 0 Å². The van der Waals surface area contributed by atoms with E-state index in [1.165, 1.54) is 31.6 Å². The minimum absolute atomic E-state index is 0.182. The largest absolute Gasteiger partial charge is 0.359 e. The van der Waals surface area contributed by atoms with Crippen molar-refractivity contribution in [2.45, 2.75) is 23.2 Å². The summed E-state index contributed by atoms with van der Waals surface area (Å²) in [7, 11) is -0.0449. The van der Waals surface area contributed by atoms with Gasteiger partial charge in [0.05, 0.1) is 0 Å². The van der Waals surface area contributed by atoms with Crippen LogP contribution < -0.4 is 9.62 Å². The van der Waals surface area contributed by atoms with E-state index in [9.17, 15) is 8.42 Å². The lowest BCUT2D eigenvalue weighted by Gasteiger charge is -2.25. The highest BCUT2D eigenvalue weighted by molar-refractivity contribution is 7.89. The fourth-order valence-corrected chi connectivity index (χ4v) is 3.57. The Morgan fingerprint density at radius 2 is 1.87 bits per heavy atom. The number of pyridine rings is 1. The fourth-order valence-electron chi connectivity index (χ4n) is 2.89. The molecule has 23 heavy (non-hydrogen) atoms. The van der Waals surface area contributed by atoms with E-state index in [-0.39, 0.29) is 10.3 Å². The first-order valence-corrected chi connectivity index (χ1v) is 9.11. The predicted molar refractivity (Wildman–Crippen MR) is 91.1 cm³/mol. The Hall–Kier alpha value is -1.92. The van der Waals surface area contributed by atoms with Gasteiger partial charge >= 0.3 is 0 Å². The summed E-state index contributed by atoms with van der Waals surface area (Å²) in [6, 6.07) is 13.9. The van der Waals surface area contributed by atoms with Crippen LogP contribution in [0, 0.1) is 0 Å². The van der Waals surface area contributed by atoms with Crippen molar-refractivity contribution in [2.75, 3.05) is 25.5 Å². The highest BCUT2D eigenvalue weighted by Gasteiger charge is 2.45. The lowest BCUT2D eigenvalue weighted by molar-refractivity contribution is 0.587. The Morgan fingerprint density at radius 1 is 1.17 bits per heavy atom. The molecular formula is C17H21N3O2S. The number of hydrogen-bond acceptors (Lipinski definition) is 4. The van der Waals surface area contributed by atoms with Gasteiger partial charge in [0.2, 0.25) is 10.0 Å². The molecule has 1 N–H and O–H groups in total. The van der Waals surface area contributed by atoms with Gasteiger partial charge in [-0.1, -0.05) is 30.3 Å². The number of anilines is 1. The summed E-state index contributed by atoms with van der Waals surface area (Å²) in [5.74, 6) is 0.780.